The SMILES string of the molecule is Cc1ccc(/C=N\n2c(CCC3CCCCC3)n[nH]c2=S)o1. The number of rotatable bonds is 5. The molecule has 118 valence electrons. The monoisotopic (exact) mass is 318 g/mol. The first-order valence-electron chi connectivity index (χ1n) is 7.99. The fourth-order valence-corrected chi connectivity index (χ4v) is 3.25. The van der Waals surface area contributed by atoms with Gasteiger partial charge in [0, 0.05) is 6.42 Å². The second kappa shape index (κ2) is 7.05. The lowest BCUT2D eigenvalue weighted by atomic mass is 9.86. The van der Waals surface area contributed by atoms with Crippen LogP contribution in [0, 0.1) is 17.6 Å². The molecule has 0 bridgehead atoms. The van der Waals surface area contributed by atoms with Crippen LogP contribution in [0.4, 0.5) is 0 Å². The minimum atomic E-state index is 0.526. The molecule has 22 heavy (non-hydrogen) atoms. The molecular formula is C16H22N4OS. The van der Waals surface area contributed by atoms with E-state index >= 15 is 0 Å². The highest BCUT2D eigenvalue weighted by molar-refractivity contribution is 7.71. The van der Waals surface area contributed by atoms with Crippen LogP contribution in [0.15, 0.2) is 21.7 Å². The molecule has 3 rings (SSSR count). The summed E-state index contributed by atoms with van der Waals surface area (Å²) in [5.41, 5.74) is 0. The van der Waals surface area contributed by atoms with E-state index in [9.17, 15) is 0 Å². The van der Waals surface area contributed by atoms with Crippen molar-refractivity contribution in [1.29, 1.82) is 0 Å². The van der Waals surface area contributed by atoms with Crippen molar-refractivity contribution in [3.8, 4) is 0 Å². The normalized spacial score (nSPS) is 16.6. The third-order valence-electron chi connectivity index (χ3n) is 4.28. The summed E-state index contributed by atoms with van der Waals surface area (Å²) in [5, 5.41) is 11.6. The van der Waals surface area contributed by atoms with Gasteiger partial charge in [0.15, 0.2) is 5.82 Å². The summed E-state index contributed by atoms with van der Waals surface area (Å²) in [7, 11) is 0. The molecule has 1 N–H and O–H groups in total. The number of aromatic nitrogens is 3. The number of furan rings is 1. The van der Waals surface area contributed by atoms with Crippen molar-refractivity contribution >= 4 is 18.4 Å². The van der Waals surface area contributed by atoms with Crippen LogP contribution < -0.4 is 0 Å². The van der Waals surface area contributed by atoms with Crippen LogP contribution in [0.3, 0.4) is 0 Å². The van der Waals surface area contributed by atoms with Crippen molar-refractivity contribution in [2.45, 2.75) is 51.9 Å². The standard InChI is InChI=1S/C16H22N4OS/c1-12-7-9-14(21-12)11-17-20-15(18-19-16(20)22)10-8-13-5-3-2-4-6-13/h7,9,11,13H,2-6,8,10H2,1H3,(H,19,22)/b17-11-. The summed E-state index contributed by atoms with van der Waals surface area (Å²) in [4.78, 5) is 0. The van der Waals surface area contributed by atoms with Gasteiger partial charge in [0.05, 0.1) is 6.21 Å². The fraction of sp³-hybridized carbons (Fsp3) is 0.562. The average Bonchev–Trinajstić information content (AvgIpc) is 3.10. The van der Waals surface area contributed by atoms with E-state index in [1.807, 2.05) is 19.1 Å². The number of aryl methyl sites for hydroxylation is 2. The van der Waals surface area contributed by atoms with Crippen molar-refractivity contribution in [2.75, 3.05) is 0 Å². The minimum Gasteiger partial charge on any atom is -0.460 e. The smallest absolute Gasteiger partial charge is 0.216 e. The van der Waals surface area contributed by atoms with E-state index in [2.05, 4.69) is 15.3 Å². The minimum absolute atomic E-state index is 0.526. The molecule has 0 aromatic carbocycles. The third kappa shape index (κ3) is 3.74. The van der Waals surface area contributed by atoms with E-state index in [-0.39, 0.29) is 0 Å². The van der Waals surface area contributed by atoms with E-state index in [0.29, 0.717) is 4.77 Å². The van der Waals surface area contributed by atoms with Crippen molar-refractivity contribution in [3.63, 3.8) is 0 Å². The topological polar surface area (TPSA) is 59.1 Å². The molecule has 0 aliphatic heterocycles. The summed E-state index contributed by atoms with van der Waals surface area (Å²) in [5.74, 6) is 3.31. The van der Waals surface area contributed by atoms with Crippen LogP contribution in [0.5, 0.6) is 0 Å². The van der Waals surface area contributed by atoms with Gasteiger partial charge in [-0.3, -0.25) is 5.10 Å². The number of aromatic amines is 1. The van der Waals surface area contributed by atoms with Gasteiger partial charge in [-0.15, -0.1) is 0 Å². The zero-order valence-corrected chi connectivity index (χ0v) is 13.7. The van der Waals surface area contributed by atoms with Crippen molar-refractivity contribution in [1.82, 2.24) is 14.9 Å². The molecule has 1 fully saturated rings. The number of H-pyrrole nitrogens is 1. The maximum atomic E-state index is 5.49. The van der Waals surface area contributed by atoms with Crippen LogP contribution in [-0.2, 0) is 6.42 Å². The summed E-state index contributed by atoms with van der Waals surface area (Å²) < 4.78 is 7.72. The first-order chi connectivity index (χ1) is 10.7. The van der Waals surface area contributed by atoms with Gasteiger partial charge >= 0.3 is 0 Å². The van der Waals surface area contributed by atoms with Crippen molar-refractivity contribution in [3.05, 3.63) is 34.2 Å². The first kappa shape index (κ1) is 15.2. The summed E-state index contributed by atoms with van der Waals surface area (Å²) in [6, 6.07) is 3.81. The quantitative estimate of drug-likeness (QED) is 0.662. The van der Waals surface area contributed by atoms with Crippen LogP contribution in [0.25, 0.3) is 0 Å². The molecule has 0 unspecified atom stereocenters. The Morgan fingerprint density at radius 3 is 2.95 bits per heavy atom. The lowest BCUT2D eigenvalue weighted by Crippen LogP contribution is -2.09. The maximum absolute atomic E-state index is 5.49. The van der Waals surface area contributed by atoms with Gasteiger partial charge in [0.1, 0.15) is 11.5 Å². The first-order valence-corrected chi connectivity index (χ1v) is 8.40. The van der Waals surface area contributed by atoms with Gasteiger partial charge in [-0.1, -0.05) is 32.1 Å². The Hall–Kier alpha value is -1.69. The highest BCUT2D eigenvalue weighted by atomic mass is 32.1. The molecule has 2 aromatic rings. The second-order valence-corrected chi connectivity index (χ2v) is 6.38. The Morgan fingerprint density at radius 1 is 1.41 bits per heavy atom. The molecule has 6 heteroatoms. The third-order valence-corrected chi connectivity index (χ3v) is 4.54. The van der Waals surface area contributed by atoms with Crippen LogP contribution in [0.1, 0.15) is 55.9 Å². The van der Waals surface area contributed by atoms with Gasteiger partial charge in [0.25, 0.3) is 0 Å². The van der Waals surface area contributed by atoms with Crippen LogP contribution in [-0.4, -0.2) is 21.1 Å². The zero-order valence-electron chi connectivity index (χ0n) is 12.9. The summed E-state index contributed by atoms with van der Waals surface area (Å²) in [6.07, 6.45) is 10.6. The van der Waals surface area contributed by atoms with E-state index in [4.69, 9.17) is 16.6 Å². The molecule has 0 amide bonds. The predicted octanol–water partition coefficient (Wildman–Crippen LogP) is 4.24. The maximum Gasteiger partial charge on any atom is 0.216 e. The predicted molar refractivity (Wildman–Crippen MR) is 88.7 cm³/mol. The largest absolute Gasteiger partial charge is 0.460 e. The molecule has 2 aromatic heterocycles. The molecular weight excluding hydrogens is 296 g/mol. The highest BCUT2D eigenvalue weighted by Gasteiger charge is 2.15. The van der Waals surface area contributed by atoms with Gasteiger partial charge in [-0.05, 0) is 43.6 Å². The van der Waals surface area contributed by atoms with Crippen LogP contribution in [0.2, 0.25) is 0 Å². The Kier molecular flexibility index (Phi) is 4.87. The summed E-state index contributed by atoms with van der Waals surface area (Å²) >= 11 is 5.26. The summed E-state index contributed by atoms with van der Waals surface area (Å²) in [6.45, 7) is 1.91. The van der Waals surface area contributed by atoms with Crippen LogP contribution >= 0.6 is 12.2 Å². The van der Waals surface area contributed by atoms with Crippen molar-refractivity contribution < 1.29 is 4.42 Å². The van der Waals surface area contributed by atoms with E-state index in [0.717, 1.165) is 36.1 Å². The lowest BCUT2D eigenvalue weighted by molar-refractivity contribution is 0.336. The Balaban J connectivity index is 1.67. The molecule has 1 aliphatic rings. The van der Waals surface area contributed by atoms with Gasteiger partial charge in [0.2, 0.25) is 4.77 Å². The highest BCUT2D eigenvalue weighted by Crippen LogP contribution is 2.27. The number of nitrogens with zero attached hydrogens (tertiary/aromatic N) is 3. The molecule has 0 spiro atoms. The fourth-order valence-electron chi connectivity index (χ4n) is 3.05. The molecule has 0 saturated heterocycles. The number of nitrogens with one attached hydrogen (secondary N) is 1. The molecule has 2 heterocycles. The van der Waals surface area contributed by atoms with E-state index in [1.54, 1.807) is 10.9 Å². The second-order valence-electron chi connectivity index (χ2n) is 5.99. The van der Waals surface area contributed by atoms with Gasteiger partial charge < -0.3 is 4.42 Å². The van der Waals surface area contributed by atoms with Gasteiger partial charge in [-0.2, -0.15) is 14.9 Å². The molecule has 5 nitrogen and oxygen atoms in total. The van der Waals surface area contributed by atoms with Gasteiger partial charge in [-0.25, -0.2) is 0 Å². The molecule has 1 aliphatic carbocycles. The Labute approximate surface area is 135 Å². The van der Waals surface area contributed by atoms with Crippen molar-refractivity contribution in [2.24, 2.45) is 11.0 Å². The van der Waals surface area contributed by atoms with E-state index in [1.165, 1.54) is 32.1 Å². The number of hydrogen-bond acceptors (Lipinski definition) is 4. The molecule has 0 atom stereocenters. The zero-order chi connectivity index (χ0) is 15.4. The molecule has 1 saturated carbocycles. The number of hydrogen-bond donors (Lipinski definition) is 1. The van der Waals surface area contributed by atoms with E-state index < -0.39 is 0 Å². The Morgan fingerprint density at radius 2 is 2.23 bits per heavy atom. The average molecular weight is 318 g/mol. The Bertz CT molecular complexity index is 691. The molecule has 0 radical (unpaired) electrons. The lowest BCUT2D eigenvalue weighted by Gasteiger charge is -2.20.